The molecule has 0 spiro atoms. The topological polar surface area (TPSA) is 26.3 Å². The third kappa shape index (κ3) is 7.82. The highest BCUT2D eigenvalue weighted by Crippen LogP contribution is 2.13. The van der Waals surface area contributed by atoms with E-state index in [2.05, 4.69) is 18.6 Å². The maximum Gasteiger partial charge on any atom is 0.305 e. The summed E-state index contributed by atoms with van der Waals surface area (Å²) in [5.41, 5.74) is 0. The minimum Gasteiger partial charge on any atom is -0.469 e. The molecule has 0 unspecified atom stereocenters. The van der Waals surface area contributed by atoms with Crippen molar-refractivity contribution in [1.82, 2.24) is 0 Å². The number of carbonyl (C=O) groups is 1. The number of ether oxygens (including phenoxy) is 1. The van der Waals surface area contributed by atoms with E-state index in [-0.39, 0.29) is 5.97 Å². The number of esters is 1. The molecule has 0 heterocycles. The molecule has 0 radical (unpaired) electrons. The summed E-state index contributed by atoms with van der Waals surface area (Å²) in [6.45, 7) is 4.32. The van der Waals surface area contributed by atoms with Gasteiger partial charge < -0.3 is 4.74 Å². The van der Waals surface area contributed by atoms with Crippen molar-refractivity contribution in [2.45, 2.75) is 52.4 Å². The van der Waals surface area contributed by atoms with Crippen molar-refractivity contribution in [3.05, 3.63) is 0 Å². The highest BCUT2D eigenvalue weighted by molar-refractivity contribution is 5.69. The first kappa shape index (κ1) is 12.5. The van der Waals surface area contributed by atoms with E-state index in [0.29, 0.717) is 12.3 Å². The minimum absolute atomic E-state index is 0.0806. The van der Waals surface area contributed by atoms with Gasteiger partial charge in [-0.25, -0.2) is 0 Å². The van der Waals surface area contributed by atoms with Gasteiger partial charge in [0.05, 0.1) is 7.11 Å². The molecule has 0 aliphatic rings. The summed E-state index contributed by atoms with van der Waals surface area (Å²) < 4.78 is 4.61. The van der Waals surface area contributed by atoms with Crippen LogP contribution >= 0.6 is 0 Å². The van der Waals surface area contributed by atoms with Gasteiger partial charge in [-0.15, -0.1) is 0 Å². The standard InChI is InChI=1S/C11H22O2/c1-4-5-6-7-8-10(2)9-11(12)13-3/h10H,4-9H2,1-3H3/t10-/m1/s1. The van der Waals surface area contributed by atoms with Crippen LogP contribution in [0, 0.1) is 5.92 Å². The molecular weight excluding hydrogens is 164 g/mol. The zero-order valence-corrected chi connectivity index (χ0v) is 9.14. The molecule has 0 aliphatic carbocycles. The summed E-state index contributed by atoms with van der Waals surface area (Å²) in [5.74, 6) is 0.396. The Morgan fingerprint density at radius 1 is 1.31 bits per heavy atom. The van der Waals surface area contributed by atoms with Gasteiger partial charge in [0.2, 0.25) is 0 Å². The lowest BCUT2D eigenvalue weighted by molar-refractivity contribution is -0.141. The number of rotatable bonds is 7. The van der Waals surface area contributed by atoms with Gasteiger partial charge >= 0.3 is 5.97 Å². The first-order chi connectivity index (χ1) is 6.20. The Morgan fingerprint density at radius 2 is 2.00 bits per heavy atom. The van der Waals surface area contributed by atoms with E-state index in [1.54, 1.807) is 0 Å². The van der Waals surface area contributed by atoms with Crippen LogP contribution in [0.2, 0.25) is 0 Å². The fraction of sp³-hybridized carbons (Fsp3) is 0.909. The number of unbranched alkanes of at least 4 members (excludes halogenated alkanes) is 3. The predicted octanol–water partition coefficient (Wildman–Crippen LogP) is 3.16. The van der Waals surface area contributed by atoms with Crippen molar-refractivity contribution in [1.29, 1.82) is 0 Å². The molecule has 2 nitrogen and oxygen atoms in total. The van der Waals surface area contributed by atoms with E-state index in [0.717, 1.165) is 6.42 Å². The Morgan fingerprint density at radius 3 is 2.54 bits per heavy atom. The summed E-state index contributed by atoms with van der Waals surface area (Å²) in [7, 11) is 1.45. The van der Waals surface area contributed by atoms with Crippen LogP contribution in [-0.4, -0.2) is 13.1 Å². The van der Waals surface area contributed by atoms with Crippen LogP contribution in [0.1, 0.15) is 52.4 Å². The van der Waals surface area contributed by atoms with Crippen LogP contribution in [0.4, 0.5) is 0 Å². The monoisotopic (exact) mass is 186 g/mol. The molecule has 0 saturated heterocycles. The lowest BCUT2D eigenvalue weighted by Gasteiger charge is -2.08. The Balaban J connectivity index is 3.29. The van der Waals surface area contributed by atoms with Crippen molar-refractivity contribution < 1.29 is 9.53 Å². The van der Waals surface area contributed by atoms with E-state index in [1.165, 1.54) is 32.8 Å². The quantitative estimate of drug-likeness (QED) is 0.451. The summed E-state index contributed by atoms with van der Waals surface area (Å²) in [6, 6.07) is 0. The van der Waals surface area contributed by atoms with Crippen LogP contribution in [-0.2, 0) is 9.53 Å². The van der Waals surface area contributed by atoms with Gasteiger partial charge in [-0.2, -0.15) is 0 Å². The number of carbonyl (C=O) groups excluding carboxylic acids is 1. The smallest absolute Gasteiger partial charge is 0.305 e. The molecule has 0 saturated carbocycles. The second-order valence-corrected chi connectivity index (χ2v) is 3.73. The fourth-order valence-corrected chi connectivity index (χ4v) is 1.39. The number of methoxy groups -OCH3 is 1. The lowest BCUT2D eigenvalue weighted by atomic mass is 10.00. The zero-order valence-electron chi connectivity index (χ0n) is 9.14. The average Bonchev–Trinajstić information content (AvgIpc) is 2.12. The molecule has 0 aromatic carbocycles. The summed E-state index contributed by atoms with van der Waals surface area (Å²) in [5, 5.41) is 0. The van der Waals surface area contributed by atoms with E-state index in [9.17, 15) is 4.79 Å². The van der Waals surface area contributed by atoms with Gasteiger partial charge in [-0.05, 0) is 5.92 Å². The molecule has 0 aromatic heterocycles. The van der Waals surface area contributed by atoms with Crippen LogP contribution < -0.4 is 0 Å². The van der Waals surface area contributed by atoms with E-state index >= 15 is 0 Å². The highest BCUT2D eigenvalue weighted by atomic mass is 16.5. The zero-order chi connectivity index (χ0) is 10.1. The summed E-state index contributed by atoms with van der Waals surface area (Å²) in [4.78, 5) is 10.9. The van der Waals surface area contributed by atoms with Crippen molar-refractivity contribution >= 4 is 5.97 Å². The minimum atomic E-state index is -0.0806. The SMILES string of the molecule is CCCCCC[C@@H](C)CC(=O)OC. The van der Waals surface area contributed by atoms with Crippen molar-refractivity contribution in [2.75, 3.05) is 7.11 Å². The molecule has 0 N–H and O–H groups in total. The average molecular weight is 186 g/mol. The lowest BCUT2D eigenvalue weighted by Crippen LogP contribution is -2.06. The van der Waals surface area contributed by atoms with Crippen molar-refractivity contribution in [3.63, 3.8) is 0 Å². The fourth-order valence-electron chi connectivity index (χ4n) is 1.39. The van der Waals surface area contributed by atoms with E-state index in [1.807, 2.05) is 0 Å². The largest absolute Gasteiger partial charge is 0.469 e. The molecule has 2 heteroatoms. The highest BCUT2D eigenvalue weighted by Gasteiger charge is 2.07. The van der Waals surface area contributed by atoms with Gasteiger partial charge in [-0.3, -0.25) is 4.79 Å². The third-order valence-electron chi connectivity index (χ3n) is 2.29. The molecule has 0 amide bonds. The van der Waals surface area contributed by atoms with Gasteiger partial charge in [0.25, 0.3) is 0 Å². The Bertz CT molecular complexity index is 132. The first-order valence-electron chi connectivity index (χ1n) is 5.27. The predicted molar refractivity (Wildman–Crippen MR) is 54.6 cm³/mol. The Kier molecular flexibility index (Phi) is 7.76. The molecular formula is C11H22O2. The summed E-state index contributed by atoms with van der Waals surface area (Å²) >= 11 is 0. The molecule has 0 aliphatic heterocycles. The van der Waals surface area contributed by atoms with Crippen LogP contribution in [0.5, 0.6) is 0 Å². The third-order valence-corrected chi connectivity index (χ3v) is 2.29. The second-order valence-electron chi connectivity index (χ2n) is 3.73. The number of hydrogen-bond donors (Lipinski definition) is 0. The van der Waals surface area contributed by atoms with Crippen LogP contribution in [0.15, 0.2) is 0 Å². The molecule has 13 heavy (non-hydrogen) atoms. The maximum atomic E-state index is 10.9. The van der Waals surface area contributed by atoms with Crippen LogP contribution in [0.3, 0.4) is 0 Å². The van der Waals surface area contributed by atoms with Gasteiger partial charge in [0.15, 0.2) is 0 Å². The van der Waals surface area contributed by atoms with Crippen LogP contribution in [0.25, 0.3) is 0 Å². The molecule has 0 aromatic rings. The van der Waals surface area contributed by atoms with Crippen molar-refractivity contribution in [3.8, 4) is 0 Å². The molecule has 0 bridgehead atoms. The molecule has 0 fully saturated rings. The number of hydrogen-bond acceptors (Lipinski definition) is 2. The van der Waals surface area contributed by atoms with E-state index < -0.39 is 0 Å². The normalized spacial score (nSPS) is 12.5. The van der Waals surface area contributed by atoms with Gasteiger partial charge in [0, 0.05) is 6.42 Å². The Labute approximate surface area is 81.7 Å². The summed E-state index contributed by atoms with van der Waals surface area (Å²) in [6.07, 6.45) is 6.84. The van der Waals surface area contributed by atoms with Crippen molar-refractivity contribution in [2.24, 2.45) is 5.92 Å². The molecule has 1 atom stereocenters. The molecule has 78 valence electrons. The van der Waals surface area contributed by atoms with E-state index in [4.69, 9.17) is 0 Å². The molecule has 0 rings (SSSR count). The first-order valence-corrected chi connectivity index (χ1v) is 5.27. The van der Waals surface area contributed by atoms with Gasteiger partial charge in [-0.1, -0.05) is 46.0 Å². The second kappa shape index (κ2) is 8.09. The Hall–Kier alpha value is -0.530. The maximum absolute atomic E-state index is 10.9. The van der Waals surface area contributed by atoms with Gasteiger partial charge in [0.1, 0.15) is 0 Å².